The average molecular weight is 261 g/mol. The second-order valence-corrected chi connectivity index (χ2v) is 5.04. The van der Waals surface area contributed by atoms with Crippen molar-refractivity contribution >= 4 is 0 Å². The molecule has 0 saturated carbocycles. The zero-order valence-corrected chi connectivity index (χ0v) is 12.2. The van der Waals surface area contributed by atoms with Crippen LogP contribution in [-0.4, -0.2) is 16.3 Å². The molecule has 4 heteroatoms. The summed E-state index contributed by atoms with van der Waals surface area (Å²) in [5, 5.41) is 7.54. The highest BCUT2D eigenvalue weighted by Gasteiger charge is 2.13. The number of aryl methyl sites for hydroxylation is 2. The van der Waals surface area contributed by atoms with Gasteiger partial charge in [0.1, 0.15) is 5.76 Å². The van der Waals surface area contributed by atoms with Gasteiger partial charge in [0.2, 0.25) is 0 Å². The Bertz CT molecular complexity index is 508. The normalized spacial score (nSPS) is 12.8. The summed E-state index contributed by atoms with van der Waals surface area (Å²) in [4.78, 5) is 0. The van der Waals surface area contributed by atoms with Gasteiger partial charge in [-0.05, 0) is 45.9 Å². The van der Waals surface area contributed by atoms with E-state index in [1.165, 1.54) is 11.3 Å². The molecule has 2 heterocycles. The summed E-state index contributed by atoms with van der Waals surface area (Å²) in [7, 11) is 0. The first-order valence-corrected chi connectivity index (χ1v) is 6.93. The Morgan fingerprint density at radius 3 is 2.84 bits per heavy atom. The van der Waals surface area contributed by atoms with Gasteiger partial charge < -0.3 is 14.4 Å². The largest absolute Gasteiger partial charge is 0.361 e. The summed E-state index contributed by atoms with van der Waals surface area (Å²) in [6.07, 6.45) is 3.26. The molecule has 0 aliphatic heterocycles. The molecule has 0 amide bonds. The average Bonchev–Trinajstić information content (AvgIpc) is 2.98. The van der Waals surface area contributed by atoms with Crippen LogP contribution in [0.15, 0.2) is 22.9 Å². The second-order valence-electron chi connectivity index (χ2n) is 5.04. The summed E-state index contributed by atoms with van der Waals surface area (Å²) < 4.78 is 7.49. The Hall–Kier alpha value is -1.55. The molecular weight excluding hydrogens is 238 g/mol. The summed E-state index contributed by atoms with van der Waals surface area (Å²) >= 11 is 0. The molecule has 2 rings (SSSR count). The Labute approximate surface area is 114 Å². The SMILES string of the molecule is CCCNC(C)c1cccn1Cc1c(C)noc1C. The van der Waals surface area contributed by atoms with Crippen molar-refractivity contribution in [2.24, 2.45) is 0 Å². The first-order chi connectivity index (χ1) is 9.13. The van der Waals surface area contributed by atoms with E-state index in [1.54, 1.807) is 0 Å². The summed E-state index contributed by atoms with van der Waals surface area (Å²) in [5.41, 5.74) is 3.46. The van der Waals surface area contributed by atoms with Crippen LogP contribution >= 0.6 is 0 Å². The lowest BCUT2D eigenvalue weighted by atomic mass is 10.2. The van der Waals surface area contributed by atoms with Gasteiger partial charge in [-0.25, -0.2) is 0 Å². The van der Waals surface area contributed by atoms with E-state index in [2.05, 4.69) is 47.2 Å². The van der Waals surface area contributed by atoms with Gasteiger partial charge in [0.05, 0.1) is 12.2 Å². The standard InChI is InChI=1S/C15H23N3O/c1-5-8-16-12(3)15-7-6-9-18(15)10-14-11(2)17-19-13(14)4/h6-7,9,12,16H,5,8,10H2,1-4H3. The van der Waals surface area contributed by atoms with Crippen LogP contribution in [-0.2, 0) is 6.54 Å². The maximum atomic E-state index is 5.23. The lowest BCUT2D eigenvalue weighted by molar-refractivity contribution is 0.392. The fourth-order valence-corrected chi connectivity index (χ4v) is 2.33. The van der Waals surface area contributed by atoms with E-state index in [9.17, 15) is 0 Å². The highest BCUT2D eigenvalue weighted by Crippen LogP contribution is 2.19. The maximum Gasteiger partial charge on any atom is 0.138 e. The van der Waals surface area contributed by atoms with E-state index in [-0.39, 0.29) is 0 Å². The smallest absolute Gasteiger partial charge is 0.138 e. The Balaban J connectivity index is 2.16. The van der Waals surface area contributed by atoms with Crippen molar-refractivity contribution in [3.05, 3.63) is 41.0 Å². The molecule has 0 saturated heterocycles. The summed E-state index contributed by atoms with van der Waals surface area (Å²) in [6, 6.07) is 4.62. The van der Waals surface area contributed by atoms with Gasteiger partial charge in [-0.3, -0.25) is 0 Å². The number of hydrogen-bond acceptors (Lipinski definition) is 3. The van der Waals surface area contributed by atoms with E-state index in [1.807, 2.05) is 13.8 Å². The molecule has 2 aromatic heterocycles. The molecule has 0 aromatic carbocycles. The van der Waals surface area contributed by atoms with Crippen molar-refractivity contribution in [3.8, 4) is 0 Å². The van der Waals surface area contributed by atoms with Crippen molar-refractivity contribution in [1.29, 1.82) is 0 Å². The summed E-state index contributed by atoms with van der Waals surface area (Å²) in [6.45, 7) is 10.2. The van der Waals surface area contributed by atoms with E-state index < -0.39 is 0 Å². The minimum absolute atomic E-state index is 0.357. The first-order valence-electron chi connectivity index (χ1n) is 6.93. The molecule has 1 unspecified atom stereocenters. The third-order valence-corrected chi connectivity index (χ3v) is 3.52. The highest BCUT2D eigenvalue weighted by atomic mass is 16.5. The molecular formula is C15H23N3O. The number of nitrogens with zero attached hydrogens (tertiary/aromatic N) is 2. The minimum Gasteiger partial charge on any atom is -0.361 e. The third kappa shape index (κ3) is 3.07. The van der Waals surface area contributed by atoms with E-state index in [4.69, 9.17) is 4.52 Å². The molecule has 4 nitrogen and oxygen atoms in total. The predicted molar refractivity (Wildman–Crippen MR) is 76.2 cm³/mol. The van der Waals surface area contributed by atoms with Gasteiger partial charge in [-0.2, -0.15) is 0 Å². The van der Waals surface area contributed by atoms with Crippen LogP contribution in [0.25, 0.3) is 0 Å². The Morgan fingerprint density at radius 2 is 2.21 bits per heavy atom. The molecule has 0 aliphatic carbocycles. The van der Waals surface area contributed by atoms with Gasteiger partial charge in [0, 0.05) is 23.5 Å². The molecule has 0 aliphatic rings. The first kappa shape index (κ1) is 13.9. The quantitative estimate of drug-likeness (QED) is 0.868. The fourth-order valence-electron chi connectivity index (χ4n) is 2.33. The van der Waals surface area contributed by atoms with Crippen LogP contribution in [0.4, 0.5) is 0 Å². The van der Waals surface area contributed by atoms with Gasteiger partial charge in [-0.15, -0.1) is 0 Å². The molecule has 104 valence electrons. The van der Waals surface area contributed by atoms with Crippen LogP contribution in [0.3, 0.4) is 0 Å². The molecule has 1 atom stereocenters. The molecule has 0 fully saturated rings. The van der Waals surface area contributed by atoms with E-state index in [0.29, 0.717) is 6.04 Å². The molecule has 2 aromatic rings. The zero-order valence-electron chi connectivity index (χ0n) is 12.2. The zero-order chi connectivity index (χ0) is 13.8. The van der Waals surface area contributed by atoms with Crippen molar-refractivity contribution in [3.63, 3.8) is 0 Å². The van der Waals surface area contributed by atoms with Gasteiger partial charge in [0.15, 0.2) is 0 Å². The molecule has 0 bridgehead atoms. The van der Waals surface area contributed by atoms with Crippen LogP contribution in [0, 0.1) is 13.8 Å². The number of aromatic nitrogens is 2. The van der Waals surface area contributed by atoms with Crippen molar-refractivity contribution in [2.75, 3.05) is 6.54 Å². The van der Waals surface area contributed by atoms with Crippen molar-refractivity contribution in [2.45, 2.75) is 46.7 Å². The van der Waals surface area contributed by atoms with Crippen LogP contribution < -0.4 is 5.32 Å². The fraction of sp³-hybridized carbons (Fsp3) is 0.533. The Kier molecular flexibility index (Phi) is 4.43. The lowest BCUT2D eigenvalue weighted by Crippen LogP contribution is -2.22. The van der Waals surface area contributed by atoms with Gasteiger partial charge in [-0.1, -0.05) is 12.1 Å². The number of rotatable bonds is 6. The predicted octanol–water partition coefficient (Wildman–Crippen LogP) is 3.20. The molecule has 0 radical (unpaired) electrons. The van der Waals surface area contributed by atoms with E-state index in [0.717, 1.165) is 31.0 Å². The number of hydrogen-bond donors (Lipinski definition) is 1. The summed E-state index contributed by atoms with van der Waals surface area (Å²) in [5.74, 6) is 0.909. The van der Waals surface area contributed by atoms with Crippen LogP contribution in [0.2, 0.25) is 0 Å². The monoisotopic (exact) mass is 261 g/mol. The van der Waals surface area contributed by atoms with Gasteiger partial charge >= 0.3 is 0 Å². The van der Waals surface area contributed by atoms with Gasteiger partial charge in [0.25, 0.3) is 0 Å². The minimum atomic E-state index is 0.357. The topological polar surface area (TPSA) is 43.0 Å². The van der Waals surface area contributed by atoms with Crippen molar-refractivity contribution < 1.29 is 4.52 Å². The molecule has 0 spiro atoms. The Morgan fingerprint density at radius 1 is 1.42 bits per heavy atom. The van der Waals surface area contributed by atoms with Crippen LogP contribution in [0.1, 0.15) is 49.0 Å². The van der Waals surface area contributed by atoms with Crippen LogP contribution in [0.5, 0.6) is 0 Å². The molecule has 19 heavy (non-hydrogen) atoms. The maximum absolute atomic E-state index is 5.23. The third-order valence-electron chi connectivity index (χ3n) is 3.52. The molecule has 1 N–H and O–H groups in total. The van der Waals surface area contributed by atoms with E-state index >= 15 is 0 Å². The van der Waals surface area contributed by atoms with Crippen molar-refractivity contribution in [1.82, 2.24) is 15.0 Å². The second kappa shape index (κ2) is 6.06. The number of nitrogens with one attached hydrogen (secondary N) is 1. The highest BCUT2D eigenvalue weighted by molar-refractivity contribution is 5.23. The lowest BCUT2D eigenvalue weighted by Gasteiger charge is -2.16.